The number of carbonyl (C=O) groups is 2. The van der Waals surface area contributed by atoms with Crippen LogP contribution in [0.5, 0.6) is 11.5 Å². The molecule has 21 heteroatoms. The lowest BCUT2D eigenvalue weighted by Crippen LogP contribution is -2.35. The van der Waals surface area contributed by atoms with Crippen molar-refractivity contribution in [1.29, 1.82) is 0 Å². The van der Waals surface area contributed by atoms with Crippen molar-refractivity contribution in [3.8, 4) is 33.8 Å². The van der Waals surface area contributed by atoms with Gasteiger partial charge in [-0.1, -0.05) is 84.4 Å². The van der Waals surface area contributed by atoms with E-state index in [1.54, 1.807) is 42.6 Å². The highest BCUT2D eigenvalue weighted by Gasteiger charge is 2.37. The van der Waals surface area contributed by atoms with Crippen molar-refractivity contribution in [2.24, 2.45) is 0 Å². The maximum Gasteiger partial charge on any atom is 0.416 e. The standard InChI is InChI=1S/C29H29ClN4O4.C29H24F6N4O2/c1-36-27-16-28(37-2)26(15-24(27)30)33-29(35)32-25-10-9-21(22-5-3-4-6-23(22)25)19-7-8-20(31-17-19)18-34-11-13-38-14-12-34;30-28(31,32)19-13-20(29(33,34)35)15-22(14-19)37-27(40)38-26-8-7-23(24-3-1-2-4-25(24)26)18-5-6-21(36-16-18)17-39-9-11-41-12-10-39/h3-10,15-17H,11-14,18H2,1-2H3,(H2,32,33,35);1-8,13-16H,9-12,17H2,(H2,37,38,40). The Morgan fingerprint density at radius 1 is 0.532 bits per heavy atom. The normalized spacial score (nSPS) is 14.2. The molecule has 4 heterocycles. The number of nitrogens with zero attached hydrogens (tertiary/aromatic N) is 4. The molecule has 2 aliphatic heterocycles. The van der Waals surface area contributed by atoms with Crippen LogP contribution in [0, 0.1) is 0 Å². The van der Waals surface area contributed by atoms with Gasteiger partial charge in [0.15, 0.2) is 0 Å². The van der Waals surface area contributed by atoms with E-state index in [1.807, 2.05) is 66.9 Å². The molecule has 4 N–H and O–H groups in total. The van der Waals surface area contributed by atoms with E-state index in [9.17, 15) is 35.9 Å². The Morgan fingerprint density at radius 2 is 0.962 bits per heavy atom. The number of halogens is 7. The van der Waals surface area contributed by atoms with Gasteiger partial charge in [-0.25, -0.2) is 9.59 Å². The second kappa shape index (κ2) is 24.8. The molecule has 0 spiro atoms. The molecule has 2 aromatic heterocycles. The minimum Gasteiger partial charge on any atom is -0.495 e. The number of alkyl halides is 6. The van der Waals surface area contributed by atoms with Crippen molar-refractivity contribution in [3.63, 3.8) is 0 Å². The maximum atomic E-state index is 13.2. The Bertz CT molecular complexity index is 3420. The summed E-state index contributed by atoms with van der Waals surface area (Å²) in [5.74, 6) is 0.894. The van der Waals surface area contributed by atoms with E-state index in [0.29, 0.717) is 70.9 Å². The molecule has 6 aromatic carbocycles. The van der Waals surface area contributed by atoms with Gasteiger partial charge < -0.3 is 40.2 Å². The Labute approximate surface area is 455 Å². The number of hydrogen-bond donors (Lipinski definition) is 4. The number of amides is 4. The summed E-state index contributed by atoms with van der Waals surface area (Å²) in [5.41, 5.74) is 3.41. The van der Waals surface area contributed by atoms with Gasteiger partial charge >= 0.3 is 24.4 Å². The number of fused-ring (bicyclic) bond motifs is 2. The van der Waals surface area contributed by atoms with Gasteiger partial charge in [0.1, 0.15) is 11.5 Å². The van der Waals surface area contributed by atoms with Crippen LogP contribution >= 0.6 is 11.6 Å². The molecule has 0 radical (unpaired) electrons. The quantitative estimate of drug-likeness (QED) is 0.0870. The van der Waals surface area contributed by atoms with Crippen LogP contribution in [0.25, 0.3) is 43.8 Å². The zero-order valence-electron chi connectivity index (χ0n) is 42.7. The third-order valence-electron chi connectivity index (χ3n) is 13.2. The highest BCUT2D eigenvalue weighted by molar-refractivity contribution is 6.32. The van der Waals surface area contributed by atoms with Crippen LogP contribution in [0.2, 0.25) is 5.02 Å². The molecule has 2 aliphatic rings. The van der Waals surface area contributed by atoms with E-state index in [0.717, 1.165) is 95.7 Å². The van der Waals surface area contributed by atoms with E-state index in [-0.39, 0.29) is 6.07 Å². The molecule has 0 unspecified atom stereocenters. The number of urea groups is 2. The molecule has 10 rings (SSSR count). The number of morpholine rings is 2. The number of rotatable bonds is 12. The van der Waals surface area contributed by atoms with Gasteiger partial charge in [0, 0.05) is 85.3 Å². The molecule has 4 amide bonds. The summed E-state index contributed by atoms with van der Waals surface area (Å²) in [7, 11) is 3.03. The first-order chi connectivity index (χ1) is 38.0. The number of anilines is 4. The van der Waals surface area contributed by atoms with Crippen LogP contribution in [-0.4, -0.2) is 98.7 Å². The Morgan fingerprint density at radius 3 is 1.38 bits per heavy atom. The summed E-state index contributed by atoms with van der Waals surface area (Å²) < 4.78 is 101. The topological polar surface area (TPSA) is 151 Å². The molecular weight excluding hydrogens is 1050 g/mol. The molecule has 0 atom stereocenters. The number of pyridine rings is 2. The first kappa shape index (κ1) is 55.7. The van der Waals surface area contributed by atoms with Crippen LogP contribution in [0.15, 0.2) is 140 Å². The van der Waals surface area contributed by atoms with Crippen LogP contribution in [-0.2, 0) is 34.9 Å². The largest absolute Gasteiger partial charge is 0.495 e. The number of ether oxygens (including phenoxy) is 4. The predicted molar refractivity (Wildman–Crippen MR) is 293 cm³/mol. The van der Waals surface area contributed by atoms with Gasteiger partial charge in [-0.15, -0.1) is 0 Å². The molecule has 410 valence electrons. The third kappa shape index (κ3) is 14.0. The molecule has 0 aliphatic carbocycles. The monoisotopic (exact) mass is 1110 g/mol. The maximum absolute atomic E-state index is 13.2. The number of hydrogen-bond acceptors (Lipinski definition) is 10. The van der Waals surface area contributed by atoms with Crippen molar-refractivity contribution in [2.75, 3.05) is 88.1 Å². The van der Waals surface area contributed by atoms with Gasteiger partial charge in [-0.05, 0) is 70.4 Å². The molecule has 2 fully saturated rings. The SMILES string of the molecule is COc1cc(OC)c(NC(=O)Nc2ccc(-c3ccc(CN4CCOCC4)nc3)c3ccccc23)cc1Cl.O=C(Nc1cc(C(F)(F)F)cc(C(F)(F)F)c1)Nc1ccc(-c2ccc(CN3CCOCC3)nc2)c2ccccc12. The molecule has 8 aromatic rings. The van der Waals surface area contributed by atoms with Crippen LogP contribution in [0.3, 0.4) is 0 Å². The lowest BCUT2D eigenvalue weighted by molar-refractivity contribution is -0.143. The highest BCUT2D eigenvalue weighted by Crippen LogP contribution is 2.40. The summed E-state index contributed by atoms with van der Waals surface area (Å²) in [6.07, 6.45) is -6.38. The zero-order valence-corrected chi connectivity index (χ0v) is 43.5. The van der Waals surface area contributed by atoms with E-state index in [1.165, 1.54) is 14.2 Å². The first-order valence-corrected chi connectivity index (χ1v) is 25.3. The first-order valence-electron chi connectivity index (χ1n) is 24.9. The second-order valence-electron chi connectivity index (χ2n) is 18.4. The molecular formula is C58H53ClF6N8O6. The van der Waals surface area contributed by atoms with Gasteiger partial charge in [0.25, 0.3) is 0 Å². The second-order valence-corrected chi connectivity index (χ2v) is 18.8. The fraction of sp³-hybridized carbons (Fsp3) is 0.241. The number of carbonyl (C=O) groups excluding carboxylic acids is 2. The lowest BCUT2D eigenvalue weighted by atomic mass is 9.98. The Hall–Kier alpha value is -8.01. The molecule has 2 saturated heterocycles. The van der Waals surface area contributed by atoms with E-state index < -0.39 is 41.2 Å². The van der Waals surface area contributed by atoms with Crippen molar-refractivity contribution >= 4 is 68.0 Å². The van der Waals surface area contributed by atoms with E-state index in [2.05, 4.69) is 48.2 Å². The average Bonchev–Trinajstić information content (AvgIpc) is 3.51. The van der Waals surface area contributed by atoms with Crippen molar-refractivity contribution < 1.29 is 54.9 Å². The van der Waals surface area contributed by atoms with Gasteiger partial charge in [0.2, 0.25) is 0 Å². The van der Waals surface area contributed by atoms with Crippen molar-refractivity contribution in [3.05, 3.63) is 167 Å². The van der Waals surface area contributed by atoms with Crippen LogP contribution in [0.1, 0.15) is 22.5 Å². The van der Waals surface area contributed by atoms with Crippen LogP contribution in [0.4, 0.5) is 58.7 Å². The molecule has 14 nitrogen and oxygen atoms in total. The predicted octanol–water partition coefficient (Wildman–Crippen LogP) is 13.5. The van der Waals surface area contributed by atoms with Crippen molar-refractivity contribution in [2.45, 2.75) is 25.4 Å². The summed E-state index contributed by atoms with van der Waals surface area (Å²) in [5, 5.41) is 14.1. The number of methoxy groups -OCH3 is 2. The Balaban J connectivity index is 0.000000192. The average molecular weight is 1110 g/mol. The Kier molecular flexibility index (Phi) is 17.5. The number of nitrogens with one attached hydrogen (secondary N) is 4. The third-order valence-corrected chi connectivity index (χ3v) is 13.5. The minimum absolute atomic E-state index is 0.000653. The summed E-state index contributed by atoms with van der Waals surface area (Å²) in [4.78, 5) is 39.6. The highest BCUT2D eigenvalue weighted by atomic mass is 35.5. The number of aromatic nitrogens is 2. The summed E-state index contributed by atoms with van der Waals surface area (Å²) >= 11 is 6.25. The molecule has 0 saturated carbocycles. The van der Waals surface area contributed by atoms with Gasteiger partial charge in [-0.3, -0.25) is 19.8 Å². The van der Waals surface area contributed by atoms with Gasteiger partial charge in [0.05, 0.1) is 85.2 Å². The lowest BCUT2D eigenvalue weighted by Gasteiger charge is -2.26. The summed E-state index contributed by atoms with van der Waals surface area (Å²) in [6, 6.07) is 33.2. The van der Waals surface area contributed by atoms with E-state index >= 15 is 0 Å². The van der Waals surface area contributed by atoms with Gasteiger partial charge in [-0.2, -0.15) is 26.3 Å². The number of benzene rings is 6. The van der Waals surface area contributed by atoms with E-state index in [4.69, 9.17) is 35.5 Å². The zero-order chi connectivity index (χ0) is 55.7. The fourth-order valence-electron chi connectivity index (χ4n) is 9.20. The molecule has 0 bridgehead atoms. The van der Waals surface area contributed by atoms with Crippen LogP contribution < -0.4 is 30.7 Å². The van der Waals surface area contributed by atoms with Crippen molar-refractivity contribution in [1.82, 2.24) is 19.8 Å². The smallest absolute Gasteiger partial charge is 0.416 e. The fourth-order valence-corrected chi connectivity index (χ4v) is 9.44. The molecule has 79 heavy (non-hydrogen) atoms. The summed E-state index contributed by atoms with van der Waals surface area (Å²) in [6.45, 7) is 7.97. The minimum atomic E-state index is -5.03.